The van der Waals surface area contributed by atoms with Crippen molar-refractivity contribution in [2.24, 2.45) is 0 Å². The highest BCUT2D eigenvalue weighted by atomic mass is 35.5. The van der Waals surface area contributed by atoms with Crippen LogP contribution in [0.1, 0.15) is 0 Å². The number of carbonyl (C=O) groups excluding carboxylic acids is 1. The molecule has 0 aromatic rings. The first-order valence-corrected chi connectivity index (χ1v) is 5.06. The first-order chi connectivity index (χ1) is 6.27. The molecule has 1 aliphatic heterocycles. The summed E-state index contributed by atoms with van der Waals surface area (Å²) in [4.78, 5) is 15.3. The Morgan fingerprint density at radius 1 is 1.38 bits per heavy atom. The molecule has 1 rings (SSSR count). The Morgan fingerprint density at radius 3 is 2.46 bits per heavy atom. The number of hydrogen-bond donors (Lipinski definition) is 1. The summed E-state index contributed by atoms with van der Waals surface area (Å²) in [5.74, 6) is 0.667. The summed E-state index contributed by atoms with van der Waals surface area (Å²) in [7, 11) is 1.66. The predicted octanol–water partition coefficient (Wildman–Crippen LogP) is 0.182. The van der Waals surface area contributed by atoms with Gasteiger partial charge in [0.15, 0.2) is 0 Å². The van der Waals surface area contributed by atoms with Gasteiger partial charge in [0.25, 0.3) is 0 Å². The maximum Gasteiger partial charge on any atom is 0.317 e. The maximum absolute atomic E-state index is 11.2. The minimum atomic E-state index is 0.0190. The van der Waals surface area contributed by atoms with Gasteiger partial charge >= 0.3 is 6.03 Å². The van der Waals surface area contributed by atoms with E-state index < -0.39 is 0 Å². The fourth-order valence-corrected chi connectivity index (χ4v) is 1.69. The van der Waals surface area contributed by atoms with Gasteiger partial charge in [-0.1, -0.05) is 0 Å². The minimum absolute atomic E-state index is 0.0190. The van der Waals surface area contributed by atoms with Gasteiger partial charge in [-0.2, -0.15) is 0 Å². The van der Waals surface area contributed by atoms with E-state index in [9.17, 15) is 4.79 Å². The molecule has 1 fully saturated rings. The molecule has 0 saturated carbocycles. The maximum atomic E-state index is 11.2. The lowest BCUT2D eigenvalue weighted by atomic mass is 10.3. The Kier molecular flexibility index (Phi) is 4.32. The molecule has 0 aromatic heterocycles. The highest BCUT2D eigenvalue weighted by Gasteiger charge is 2.19. The lowest BCUT2D eigenvalue weighted by Gasteiger charge is -2.33. The number of nitrogens with zero attached hydrogens (tertiary/aromatic N) is 2. The summed E-state index contributed by atoms with van der Waals surface area (Å²) in [6.07, 6.45) is 0. The van der Waals surface area contributed by atoms with Crippen LogP contribution >= 0.6 is 11.6 Å². The van der Waals surface area contributed by atoms with Gasteiger partial charge < -0.3 is 10.2 Å². The fourth-order valence-electron chi connectivity index (χ4n) is 1.45. The number of piperazine rings is 1. The van der Waals surface area contributed by atoms with Gasteiger partial charge in [-0.3, -0.25) is 4.90 Å². The van der Waals surface area contributed by atoms with E-state index in [4.69, 9.17) is 11.6 Å². The highest BCUT2D eigenvalue weighted by Crippen LogP contribution is 2.01. The molecule has 0 aromatic carbocycles. The Labute approximate surface area is 83.8 Å². The van der Waals surface area contributed by atoms with E-state index in [1.807, 2.05) is 4.90 Å². The van der Waals surface area contributed by atoms with Crippen LogP contribution in [-0.4, -0.2) is 61.5 Å². The molecule has 0 spiro atoms. The smallest absolute Gasteiger partial charge is 0.317 e. The SMILES string of the molecule is CNC(=O)N1CCN(CCCl)CC1. The zero-order valence-corrected chi connectivity index (χ0v) is 8.68. The molecule has 1 N–H and O–H groups in total. The molecule has 5 heteroatoms. The van der Waals surface area contributed by atoms with Crippen LogP contribution in [0.25, 0.3) is 0 Å². The Morgan fingerprint density at radius 2 is 2.00 bits per heavy atom. The molecule has 1 aliphatic rings. The van der Waals surface area contributed by atoms with Crippen molar-refractivity contribution >= 4 is 17.6 Å². The van der Waals surface area contributed by atoms with E-state index >= 15 is 0 Å². The number of amides is 2. The van der Waals surface area contributed by atoms with Crippen molar-refractivity contribution in [3.8, 4) is 0 Å². The standard InChI is InChI=1S/C8H16ClN3O/c1-10-8(13)12-6-4-11(3-2-9)5-7-12/h2-7H2,1H3,(H,10,13). The molecule has 4 nitrogen and oxygen atoms in total. The van der Waals surface area contributed by atoms with Crippen LogP contribution in [0.3, 0.4) is 0 Å². The monoisotopic (exact) mass is 205 g/mol. The zero-order chi connectivity index (χ0) is 9.68. The van der Waals surface area contributed by atoms with Gasteiger partial charge in [-0.15, -0.1) is 11.6 Å². The largest absolute Gasteiger partial charge is 0.341 e. The van der Waals surface area contributed by atoms with E-state index in [1.54, 1.807) is 7.05 Å². The van der Waals surface area contributed by atoms with Crippen molar-refractivity contribution in [3.05, 3.63) is 0 Å². The summed E-state index contributed by atoms with van der Waals surface area (Å²) in [6.45, 7) is 4.39. The second kappa shape index (κ2) is 5.29. The van der Waals surface area contributed by atoms with Crippen molar-refractivity contribution in [1.29, 1.82) is 0 Å². The molecule has 0 aliphatic carbocycles. The second-order valence-electron chi connectivity index (χ2n) is 3.07. The van der Waals surface area contributed by atoms with Gasteiger partial charge in [0.2, 0.25) is 0 Å². The number of rotatable bonds is 2. The van der Waals surface area contributed by atoms with Crippen LogP contribution in [0.4, 0.5) is 4.79 Å². The van der Waals surface area contributed by atoms with E-state index in [2.05, 4.69) is 10.2 Å². The Hall–Kier alpha value is -0.480. The molecular formula is C8H16ClN3O. The Balaban J connectivity index is 2.26. The van der Waals surface area contributed by atoms with E-state index in [1.165, 1.54) is 0 Å². The Bertz CT molecular complexity index is 169. The van der Waals surface area contributed by atoms with E-state index in [-0.39, 0.29) is 6.03 Å². The molecular weight excluding hydrogens is 190 g/mol. The second-order valence-corrected chi connectivity index (χ2v) is 3.45. The highest BCUT2D eigenvalue weighted by molar-refractivity contribution is 6.18. The number of urea groups is 1. The van der Waals surface area contributed by atoms with Crippen molar-refractivity contribution in [3.63, 3.8) is 0 Å². The summed E-state index contributed by atoms with van der Waals surface area (Å²) >= 11 is 5.63. The lowest BCUT2D eigenvalue weighted by Crippen LogP contribution is -2.51. The number of hydrogen-bond acceptors (Lipinski definition) is 2. The fraction of sp³-hybridized carbons (Fsp3) is 0.875. The molecule has 76 valence electrons. The third kappa shape index (κ3) is 3.04. The van der Waals surface area contributed by atoms with Crippen LogP contribution in [0.2, 0.25) is 0 Å². The van der Waals surface area contributed by atoms with Crippen LogP contribution < -0.4 is 5.32 Å². The van der Waals surface area contributed by atoms with Crippen molar-refractivity contribution < 1.29 is 4.79 Å². The minimum Gasteiger partial charge on any atom is -0.341 e. The zero-order valence-electron chi connectivity index (χ0n) is 7.92. The van der Waals surface area contributed by atoms with Crippen molar-refractivity contribution in [2.75, 3.05) is 45.7 Å². The van der Waals surface area contributed by atoms with E-state index in [0.717, 1.165) is 32.7 Å². The molecule has 0 unspecified atom stereocenters. The van der Waals surface area contributed by atoms with Gasteiger partial charge in [0.05, 0.1) is 0 Å². The van der Waals surface area contributed by atoms with Gasteiger partial charge in [-0.05, 0) is 0 Å². The first kappa shape index (κ1) is 10.6. The predicted molar refractivity (Wildman–Crippen MR) is 53.2 cm³/mol. The lowest BCUT2D eigenvalue weighted by molar-refractivity contribution is 0.145. The number of alkyl halides is 1. The molecule has 2 amide bonds. The van der Waals surface area contributed by atoms with Crippen molar-refractivity contribution in [2.45, 2.75) is 0 Å². The van der Waals surface area contributed by atoms with Crippen LogP contribution in [0.5, 0.6) is 0 Å². The molecule has 13 heavy (non-hydrogen) atoms. The summed E-state index contributed by atoms with van der Waals surface area (Å²) < 4.78 is 0. The number of carbonyl (C=O) groups is 1. The van der Waals surface area contributed by atoms with Crippen molar-refractivity contribution in [1.82, 2.24) is 15.1 Å². The molecule has 0 atom stereocenters. The van der Waals surface area contributed by atoms with Crippen LogP contribution in [-0.2, 0) is 0 Å². The summed E-state index contributed by atoms with van der Waals surface area (Å²) in [6, 6.07) is 0.0190. The van der Waals surface area contributed by atoms with Gasteiger partial charge in [0.1, 0.15) is 0 Å². The summed E-state index contributed by atoms with van der Waals surface area (Å²) in [5.41, 5.74) is 0. The van der Waals surface area contributed by atoms with Gasteiger partial charge in [0, 0.05) is 45.7 Å². The van der Waals surface area contributed by atoms with Crippen LogP contribution in [0.15, 0.2) is 0 Å². The molecule has 0 bridgehead atoms. The quantitative estimate of drug-likeness (QED) is 0.653. The number of halogens is 1. The molecule has 1 saturated heterocycles. The first-order valence-electron chi connectivity index (χ1n) is 4.53. The average Bonchev–Trinajstić information content (AvgIpc) is 2.18. The summed E-state index contributed by atoms with van der Waals surface area (Å²) in [5, 5.41) is 2.62. The van der Waals surface area contributed by atoms with Crippen LogP contribution in [0, 0.1) is 0 Å². The van der Waals surface area contributed by atoms with Gasteiger partial charge in [-0.25, -0.2) is 4.79 Å². The number of nitrogens with one attached hydrogen (secondary N) is 1. The van der Waals surface area contributed by atoms with E-state index in [0.29, 0.717) is 5.88 Å². The topological polar surface area (TPSA) is 35.6 Å². The average molecular weight is 206 g/mol. The third-order valence-electron chi connectivity index (χ3n) is 2.27. The third-order valence-corrected chi connectivity index (χ3v) is 2.44. The molecule has 1 heterocycles. The normalized spacial score (nSPS) is 18.8. The molecule has 0 radical (unpaired) electrons.